The zero-order valence-corrected chi connectivity index (χ0v) is 11.7. The van der Waals surface area contributed by atoms with Crippen LogP contribution < -0.4 is 11.1 Å². The molecular weight excluding hydrogens is 285 g/mol. The van der Waals surface area contributed by atoms with Crippen LogP contribution in [-0.2, 0) is 16.1 Å². The lowest BCUT2D eigenvalue weighted by atomic mass is 10.1. The lowest BCUT2D eigenvalue weighted by Gasteiger charge is -2.15. The number of alkyl halides is 3. The first-order valence-electron chi connectivity index (χ1n) is 6.54. The molecule has 0 saturated carbocycles. The molecule has 1 rings (SSSR count). The highest BCUT2D eigenvalue weighted by Gasteiger charge is 2.27. The average Bonchev–Trinajstić information content (AvgIpc) is 2.42. The van der Waals surface area contributed by atoms with Gasteiger partial charge in [0.05, 0.1) is 12.6 Å². The van der Waals surface area contributed by atoms with Gasteiger partial charge in [0, 0.05) is 13.0 Å². The molecule has 0 fully saturated rings. The molecule has 4 nitrogen and oxygen atoms in total. The van der Waals surface area contributed by atoms with Gasteiger partial charge in [-0.25, -0.2) is 0 Å². The molecule has 1 amide bonds. The summed E-state index contributed by atoms with van der Waals surface area (Å²) in [5.74, 6) is -0.354. The number of amides is 1. The molecule has 118 valence electrons. The number of rotatable bonds is 7. The summed E-state index contributed by atoms with van der Waals surface area (Å²) >= 11 is 0. The van der Waals surface area contributed by atoms with E-state index in [4.69, 9.17) is 5.73 Å². The van der Waals surface area contributed by atoms with Crippen LogP contribution in [0.4, 0.5) is 13.2 Å². The highest BCUT2D eigenvalue weighted by Crippen LogP contribution is 2.15. The van der Waals surface area contributed by atoms with E-state index in [0.717, 1.165) is 11.1 Å². The van der Waals surface area contributed by atoms with Crippen LogP contribution in [0.15, 0.2) is 24.3 Å². The summed E-state index contributed by atoms with van der Waals surface area (Å²) in [6.07, 6.45) is -4.48. The predicted molar refractivity (Wildman–Crippen MR) is 72.4 cm³/mol. The van der Waals surface area contributed by atoms with Gasteiger partial charge in [-0.05, 0) is 18.1 Å². The van der Waals surface area contributed by atoms with Crippen LogP contribution in [0, 0.1) is 0 Å². The Hall–Kier alpha value is -1.60. The first-order chi connectivity index (χ1) is 9.81. The quantitative estimate of drug-likeness (QED) is 0.760. The summed E-state index contributed by atoms with van der Waals surface area (Å²) < 4.78 is 39.9. The number of ether oxygens (including phenoxy) is 1. The molecule has 7 heteroatoms. The Morgan fingerprint density at radius 3 is 2.48 bits per heavy atom. The fourth-order valence-electron chi connectivity index (χ4n) is 1.69. The largest absolute Gasteiger partial charge is 0.411 e. The minimum absolute atomic E-state index is 0.110. The van der Waals surface area contributed by atoms with Crippen molar-refractivity contribution in [3.63, 3.8) is 0 Å². The van der Waals surface area contributed by atoms with Gasteiger partial charge in [-0.3, -0.25) is 4.79 Å². The minimum Gasteiger partial charge on any atom is -0.372 e. The number of carbonyl (C=O) groups excluding carboxylic acids is 1. The van der Waals surface area contributed by atoms with Crippen LogP contribution in [0.1, 0.15) is 30.5 Å². The van der Waals surface area contributed by atoms with Gasteiger partial charge in [0.2, 0.25) is 5.91 Å². The van der Waals surface area contributed by atoms with Crippen molar-refractivity contribution in [1.29, 1.82) is 0 Å². The maximum absolute atomic E-state index is 11.8. The van der Waals surface area contributed by atoms with Gasteiger partial charge in [-0.2, -0.15) is 13.2 Å². The van der Waals surface area contributed by atoms with Crippen LogP contribution >= 0.6 is 0 Å². The second-order valence-corrected chi connectivity index (χ2v) is 4.65. The number of hydrogen-bond donors (Lipinski definition) is 2. The zero-order chi connectivity index (χ0) is 15.9. The number of nitrogens with two attached hydrogens (primary N) is 1. The second-order valence-electron chi connectivity index (χ2n) is 4.65. The van der Waals surface area contributed by atoms with E-state index in [1.54, 1.807) is 6.92 Å². The van der Waals surface area contributed by atoms with Crippen molar-refractivity contribution in [1.82, 2.24) is 5.32 Å². The third kappa shape index (κ3) is 7.10. The first kappa shape index (κ1) is 17.5. The van der Waals surface area contributed by atoms with E-state index in [1.807, 2.05) is 24.3 Å². The predicted octanol–water partition coefficient (Wildman–Crippen LogP) is 2.29. The van der Waals surface area contributed by atoms with Crippen LogP contribution in [0.25, 0.3) is 0 Å². The van der Waals surface area contributed by atoms with Crippen LogP contribution in [0.5, 0.6) is 0 Å². The Balaban J connectivity index is 2.33. The summed E-state index contributed by atoms with van der Waals surface area (Å²) in [6.45, 7) is 0.643. The van der Waals surface area contributed by atoms with Gasteiger partial charge in [0.15, 0.2) is 0 Å². The summed E-state index contributed by atoms with van der Waals surface area (Å²) in [4.78, 5) is 11.6. The minimum atomic E-state index is -4.37. The van der Waals surface area contributed by atoms with E-state index < -0.39 is 12.8 Å². The molecule has 3 N–H and O–H groups in total. The summed E-state index contributed by atoms with van der Waals surface area (Å²) in [6, 6.07) is 7.21. The number of nitrogens with one attached hydrogen (secondary N) is 1. The molecule has 1 atom stereocenters. The van der Waals surface area contributed by atoms with E-state index in [1.165, 1.54) is 0 Å². The smallest absolute Gasteiger partial charge is 0.372 e. The van der Waals surface area contributed by atoms with Gasteiger partial charge in [0.1, 0.15) is 6.61 Å². The van der Waals surface area contributed by atoms with E-state index >= 15 is 0 Å². The number of carbonyl (C=O) groups is 1. The van der Waals surface area contributed by atoms with Crippen molar-refractivity contribution in [3.8, 4) is 0 Å². The van der Waals surface area contributed by atoms with Gasteiger partial charge in [-0.15, -0.1) is 0 Å². The van der Waals surface area contributed by atoms with Crippen molar-refractivity contribution < 1.29 is 22.7 Å². The molecule has 0 saturated heterocycles. The molecule has 1 aromatic rings. The Bertz CT molecular complexity index is 447. The first-order valence-corrected chi connectivity index (χ1v) is 6.54. The standard InChI is InChI=1S/C14H19F3N2O2/c1-10(12-4-2-11(8-18)3-5-12)19-13(20)6-7-21-9-14(15,16)17/h2-5,10H,6-9,18H2,1H3,(H,19,20). The topological polar surface area (TPSA) is 64.3 Å². The van der Waals surface area contributed by atoms with Crippen LogP contribution in [0.3, 0.4) is 0 Å². The molecular formula is C14H19F3N2O2. The fourth-order valence-corrected chi connectivity index (χ4v) is 1.69. The zero-order valence-electron chi connectivity index (χ0n) is 11.7. The highest BCUT2D eigenvalue weighted by atomic mass is 19.4. The third-order valence-corrected chi connectivity index (χ3v) is 2.83. The van der Waals surface area contributed by atoms with E-state index in [9.17, 15) is 18.0 Å². The molecule has 0 aromatic heterocycles. The molecule has 0 radical (unpaired) electrons. The van der Waals surface area contributed by atoms with Crippen molar-refractivity contribution >= 4 is 5.91 Å². The monoisotopic (exact) mass is 304 g/mol. The Labute approximate surface area is 121 Å². The van der Waals surface area contributed by atoms with Crippen LogP contribution in [-0.4, -0.2) is 25.3 Å². The molecule has 0 heterocycles. The van der Waals surface area contributed by atoms with Gasteiger partial charge in [0.25, 0.3) is 0 Å². The van der Waals surface area contributed by atoms with E-state index in [-0.39, 0.29) is 25.0 Å². The van der Waals surface area contributed by atoms with Crippen molar-refractivity contribution in [2.75, 3.05) is 13.2 Å². The van der Waals surface area contributed by atoms with Crippen molar-refractivity contribution in [3.05, 3.63) is 35.4 Å². The number of benzene rings is 1. The van der Waals surface area contributed by atoms with Crippen molar-refractivity contribution in [2.45, 2.75) is 32.1 Å². The second kappa shape index (κ2) is 7.99. The molecule has 1 unspecified atom stereocenters. The molecule has 0 aliphatic heterocycles. The summed E-state index contributed by atoms with van der Waals surface area (Å²) in [5, 5.41) is 2.70. The summed E-state index contributed by atoms with van der Waals surface area (Å²) in [7, 11) is 0. The lowest BCUT2D eigenvalue weighted by Crippen LogP contribution is -2.28. The van der Waals surface area contributed by atoms with Gasteiger partial charge < -0.3 is 15.8 Å². The van der Waals surface area contributed by atoms with E-state index in [2.05, 4.69) is 10.1 Å². The Kier molecular flexibility index (Phi) is 6.64. The normalized spacial score (nSPS) is 13.0. The van der Waals surface area contributed by atoms with Crippen LogP contribution in [0.2, 0.25) is 0 Å². The number of halogens is 3. The molecule has 0 bridgehead atoms. The maximum Gasteiger partial charge on any atom is 0.411 e. The highest BCUT2D eigenvalue weighted by molar-refractivity contribution is 5.76. The Morgan fingerprint density at radius 1 is 1.33 bits per heavy atom. The Morgan fingerprint density at radius 2 is 1.95 bits per heavy atom. The molecule has 0 aliphatic rings. The molecule has 1 aromatic carbocycles. The van der Waals surface area contributed by atoms with Crippen molar-refractivity contribution in [2.24, 2.45) is 5.73 Å². The number of hydrogen-bond acceptors (Lipinski definition) is 3. The summed E-state index contributed by atoms with van der Waals surface area (Å²) in [5.41, 5.74) is 7.38. The van der Waals surface area contributed by atoms with Gasteiger partial charge in [-0.1, -0.05) is 24.3 Å². The lowest BCUT2D eigenvalue weighted by molar-refractivity contribution is -0.174. The van der Waals surface area contributed by atoms with Gasteiger partial charge >= 0.3 is 6.18 Å². The molecule has 0 aliphatic carbocycles. The maximum atomic E-state index is 11.8. The SMILES string of the molecule is CC(NC(=O)CCOCC(F)(F)F)c1ccc(CN)cc1. The van der Waals surface area contributed by atoms with E-state index in [0.29, 0.717) is 6.54 Å². The molecule has 21 heavy (non-hydrogen) atoms. The molecule has 0 spiro atoms. The fraction of sp³-hybridized carbons (Fsp3) is 0.500. The average molecular weight is 304 g/mol. The third-order valence-electron chi connectivity index (χ3n) is 2.83.